The van der Waals surface area contributed by atoms with E-state index in [9.17, 15) is 36.0 Å². The molecule has 3 unspecified atom stereocenters. The molecule has 33 heavy (non-hydrogen) atoms. The predicted molar refractivity (Wildman–Crippen MR) is 135 cm³/mol. The van der Waals surface area contributed by atoms with Crippen LogP contribution in [0.1, 0.15) is 36.0 Å². The molecular formula is C18H17F3I3NO7S. The number of hydrogen-bond donors (Lipinski definition) is 2. The summed E-state index contributed by atoms with van der Waals surface area (Å²) in [5, 5.41) is 2.21. The first-order valence-electron chi connectivity index (χ1n) is 9.32. The molecule has 2 amide bonds. The summed E-state index contributed by atoms with van der Waals surface area (Å²) in [6.45, 7) is 0. The Hall–Kier alpha value is -0.280. The van der Waals surface area contributed by atoms with Crippen LogP contribution in [0.25, 0.3) is 0 Å². The van der Waals surface area contributed by atoms with E-state index in [2.05, 4.69) is 10.1 Å². The molecule has 3 atom stereocenters. The molecular weight excluding hydrogens is 812 g/mol. The van der Waals surface area contributed by atoms with Crippen molar-refractivity contribution in [3.05, 3.63) is 28.4 Å². The Morgan fingerprint density at radius 1 is 1.12 bits per heavy atom. The van der Waals surface area contributed by atoms with Crippen molar-refractivity contribution >= 4 is 95.7 Å². The van der Waals surface area contributed by atoms with Crippen molar-refractivity contribution in [1.29, 1.82) is 0 Å². The molecule has 8 nitrogen and oxygen atoms in total. The Morgan fingerprint density at radius 3 is 2.24 bits per heavy atom. The lowest BCUT2D eigenvalue weighted by molar-refractivity contribution is -0.218. The third-order valence-electron chi connectivity index (χ3n) is 4.87. The number of halogens is 6. The van der Waals surface area contributed by atoms with Crippen LogP contribution in [0.5, 0.6) is 0 Å². The van der Waals surface area contributed by atoms with Crippen molar-refractivity contribution in [3.63, 3.8) is 0 Å². The summed E-state index contributed by atoms with van der Waals surface area (Å²) in [7, 11) is -5.09. The van der Waals surface area contributed by atoms with Crippen molar-refractivity contribution in [2.24, 2.45) is 11.8 Å². The number of carbonyl (C=O) groups excluding carboxylic acids is 3. The Morgan fingerprint density at radius 2 is 1.70 bits per heavy atom. The van der Waals surface area contributed by atoms with Gasteiger partial charge < -0.3 is 4.74 Å². The number of ether oxygens (including phenoxy) is 1. The zero-order valence-electron chi connectivity index (χ0n) is 16.5. The topological polar surface area (TPSA) is 127 Å². The molecule has 2 N–H and O–H groups in total. The first-order chi connectivity index (χ1) is 15.1. The fourth-order valence-corrected chi connectivity index (χ4v) is 6.37. The van der Waals surface area contributed by atoms with Crippen LogP contribution < -0.4 is 5.32 Å². The zero-order valence-corrected chi connectivity index (χ0v) is 23.8. The summed E-state index contributed by atoms with van der Waals surface area (Å²) < 4.78 is 76.5. The van der Waals surface area contributed by atoms with Gasteiger partial charge in [0.2, 0.25) is 12.0 Å². The summed E-state index contributed by atoms with van der Waals surface area (Å²) in [5.74, 6) is -7.23. The highest BCUT2D eigenvalue weighted by Gasteiger charge is 2.47. The lowest BCUT2D eigenvalue weighted by Gasteiger charge is -2.30. The van der Waals surface area contributed by atoms with Crippen molar-refractivity contribution in [2.45, 2.75) is 38.0 Å². The summed E-state index contributed by atoms with van der Waals surface area (Å²) in [5.41, 5.74) is 0.237. The summed E-state index contributed by atoms with van der Waals surface area (Å²) >= 11 is 5.99. The van der Waals surface area contributed by atoms with Crippen molar-refractivity contribution < 1.29 is 45.3 Å². The molecule has 0 radical (unpaired) electrons. The molecule has 1 saturated carbocycles. The molecule has 0 heterocycles. The third-order valence-corrected chi connectivity index (χ3v) is 9.26. The van der Waals surface area contributed by atoms with Crippen molar-refractivity contribution in [2.75, 3.05) is 5.75 Å². The van der Waals surface area contributed by atoms with Crippen LogP contribution in [0.3, 0.4) is 0 Å². The number of amides is 2. The number of rotatable bonds is 6. The van der Waals surface area contributed by atoms with E-state index in [1.807, 2.05) is 73.8 Å². The molecule has 0 bridgehead atoms. The minimum atomic E-state index is -5.24. The van der Waals surface area contributed by atoms with Crippen LogP contribution in [-0.2, 0) is 24.4 Å². The van der Waals surface area contributed by atoms with Gasteiger partial charge in [-0.25, -0.2) is 0 Å². The number of hydrogen-bond acceptors (Lipinski definition) is 6. The van der Waals surface area contributed by atoms with Crippen molar-refractivity contribution in [1.82, 2.24) is 5.32 Å². The maximum absolute atomic E-state index is 13.1. The number of esters is 1. The van der Waals surface area contributed by atoms with Crippen LogP contribution >= 0.6 is 67.8 Å². The Bertz CT molecular complexity index is 1050. The summed E-state index contributed by atoms with van der Waals surface area (Å²) in [6, 6.07) is 3.40. The third kappa shape index (κ3) is 8.41. The van der Waals surface area contributed by atoms with Gasteiger partial charge in [-0.1, -0.05) is 12.8 Å². The minimum Gasteiger partial charge on any atom is -0.451 e. The number of carbonyl (C=O) groups is 3. The van der Waals surface area contributed by atoms with E-state index in [-0.39, 0.29) is 18.4 Å². The van der Waals surface area contributed by atoms with Gasteiger partial charge in [-0.15, -0.1) is 0 Å². The maximum atomic E-state index is 13.1. The molecule has 1 aliphatic rings. The quantitative estimate of drug-likeness (QED) is 0.147. The van der Waals surface area contributed by atoms with Gasteiger partial charge in [0.25, 0.3) is 16.0 Å². The molecule has 0 aliphatic heterocycles. The molecule has 1 aromatic carbocycles. The Labute approximate surface area is 228 Å². The maximum Gasteiger partial charge on any atom is 0.426 e. The monoisotopic (exact) mass is 829 g/mol. The fraction of sp³-hybridized carbons (Fsp3) is 0.500. The SMILES string of the molecule is O=C(NC(=O)C1CCCCC1C(=O)OC(CS(=O)(=O)O)C(F)(F)F)c1cc(I)cc(I)c1I. The van der Waals surface area contributed by atoms with Crippen LogP contribution in [0.2, 0.25) is 0 Å². The van der Waals surface area contributed by atoms with Gasteiger partial charge in [0, 0.05) is 10.7 Å². The van der Waals surface area contributed by atoms with Gasteiger partial charge in [-0.3, -0.25) is 24.3 Å². The van der Waals surface area contributed by atoms with Gasteiger partial charge in [0.15, 0.2) is 0 Å². The van der Waals surface area contributed by atoms with Gasteiger partial charge in [0.05, 0.1) is 17.4 Å². The average molecular weight is 829 g/mol. The predicted octanol–water partition coefficient (Wildman–Crippen LogP) is 3.93. The van der Waals surface area contributed by atoms with Crippen molar-refractivity contribution in [3.8, 4) is 0 Å². The second-order valence-corrected chi connectivity index (χ2v) is 12.3. The summed E-state index contributed by atoms with van der Waals surface area (Å²) in [4.78, 5) is 37.9. The second kappa shape index (κ2) is 11.6. The highest BCUT2D eigenvalue weighted by atomic mass is 127. The summed E-state index contributed by atoms with van der Waals surface area (Å²) in [6.07, 6.45) is -7.23. The van der Waals surface area contributed by atoms with Gasteiger partial charge >= 0.3 is 12.1 Å². The smallest absolute Gasteiger partial charge is 0.426 e. The molecule has 0 aromatic heterocycles. The molecule has 1 fully saturated rings. The Kier molecular flexibility index (Phi) is 10.2. The largest absolute Gasteiger partial charge is 0.451 e. The number of imide groups is 1. The van der Waals surface area contributed by atoms with Gasteiger partial charge in [-0.05, 0) is 92.7 Å². The second-order valence-electron chi connectivity index (χ2n) is 7.28. The standard InChI is InChI=1S/C18H17F3I3NO7S/c19-18(20,21)13(7-33(29,30)31)32-17(28)10-4-2-1-3-9(10)15(26)25-16(27)11-5-8(22)6-12(23)14(11)24/h5-6,9-10,13H,1-4,7H2,(H,25,26,27)(H,29,30,31). The van der Waals surface area contributed by atoms with Crippen LogP contribution in [0.15, 0.2) is 12.1 Å². The average Bonchev–Trinajstić information content (AvgIpc) is 2.68. The number of benzene rings is 1. The fourth-order valence-electron chi connectivity index (χ4n) is 3.33. The first-order valence-corrected chi connectivity index (χ1v) is 14.2. The highest BCUT2D eigenvalue weighted by molar-refractivity contribution is 14.1. The van der Waals surface area contributed by atoms with E-state index in [1.165, 1.54) is 0 Å². The zero-order chi connectivity index (χ0) is 25.1. The normalized spacial score (nSPS) is 20.1. The number of nitrogens with one attached hydrogen (secondary N) is 1. The molecule has 1 aliphatic carbocycles. The van der Waals surface area contributed by atoms with E-state index in [0.717, 1.165) is 7.14 Å². The van der Waals surface area contributed by atoms with E-state index >= 15 is 0 Å². The van der Waals surface area contributed by atoms with E-state index in [4.69, 9.17) is 4.55 Å². The van der Waals surface area contributed by atoms with E-state index in [1.54, 1.807) is 6.07 Å². The Balaban J connectivity index is 2.19. The highest BCUT2D eigenvalue weighted by Crippen LogP contribution is 2.33. The van der Waals surface area contributed by atoms with E-state index < -0.39 is 57.8 Å². The van der Waals surface area contributed by atoms with Gasteiger partial charge in [-0.2, -0.15) is 21.6 Å². The molecule has 2 rings (SSSR count). The molecule has 184 valence electrons. The van der Waals surface area contributed by atoms with Crippen LogP contribution in [0.4, 0.5) is 13.2 Å². The lowest BCUT2D eigenvalue weighted by Crippen LogP contribution is -2.46. The van der Waals surface area contributed by atoms with Crippen LogP contribution in [-0.4, -0.2) is 48.8 Å². The first kappa shape index (κ1) is 29.0. The molecule has 0 spiro atoms. The molecule has 0 saturated heterocycles. The minimum absolute atomic E-state index is 0.0280. The number of alkyl halides is 3. The van der Waals surface area contributed by atoms with Crippen LogP contribution in [0, 0.1) is 22.5 Å². The van der Waals surface area contributed by atoms with E-state index in [0.29, 0.717) is 16.4 Å². The molecule has 1 aromatic rings. The lowest BCUT2D eigenvalue weighted by atomic mass is 9.78. The van der Waals surface area contributed by atoms with Gasteiger partial charge in [0.1, 0.15) is 5.75 Å². The molecule has 15 heteroatoms.